The number of aromatic nitrogens is 3. The Kier molecular flexibility index (Phi) is 5.23. The van der Waals surface area contributed by atoms with Crippen molar-refractivity contribution in [3.63, 3.8) is 0 Å². The number of hydrogen-bond donors (Lipinski definition) is 1. The van der Waals surface area contributed by atoms with Crippen molar-refractivity contribution in [2.45, 2.75) is 13.0 Å². The van der Waals surface area contributed by atoms with Gasteiger partial charge in [0.05, 0.1) is 22.9 Å². The van der Waals surface area contributed by atoms with E-state index in [0.717, 1.165) is 10.0 Å². The van der Waals surface area contributed by atoms with Gasteiger partial charge in [-0.25, -0.2) is 4.68 Å². The molecule has 2 heterocycles. The molecule has 1 aliphatic rings. The zero-order valence-electron chi connectivity index (χ0n) is 14.9. The predicted octanol–water partition coefficient (Wildman–Crippen LogP) is 3.95. The first-order valence-electron chi connectivity index (χ1n) is 8.60. The van der Waals surface area contributed by atoms with Gasteiger partial charge in [0, 0.05) is 4.47 Å². The first-order valence-corrected chi connectivity index (χ1v) is 9.77. The minimum absolute atomic E-state index is 0.195. The van der Waals surface area contributed by atoms with Gasteiger partial charge in [-0.05, 0) is 36.8 Å². The summed E-state index contributed by atoms with van der Waals surface area (Å²) in [5, 5.41) is 11.4. The molecule has 0 aliphatic carbocycles. The Bertz CT molecular complexity index is 1040. The minimum Gasteiger partial charge on any atom is -0.486 e. The summed E-state index contributed by atoms with van der Waals surface area (Å²) in [6.07, 6.45) is 1.54. The fourth-order valence-corrected chi connectivity index (χ4v) is 3.77. The molecule has 7 nitrogen and oxygen atoms in total. The molecular weight excluding hydrogens is 448 g/mol. The van der Waals surface area contributed by atoms with Crippen molar-refractivity contribution in [1.82, 2.24) is 20.3 Å². The van der Waals surface area contributed by atoms with Crippen LogP contribution in [-0.4, -0.2) is 34.1 Å². The number of carbonyl (C=O) groups excluding carboxylic acids is 1. The molecule has 28 heavy (non-hydrogen) atoms. The van der Waals surface area contributed by atoms with Crippen molar-refractivity contribution in [2.75, 3.05) is 13.2 Å². The van der Waals surface area contributed by atoms with E-state index in [-0.39, 0.29) is 17.6 Å². The number of hydrogen-bond acceptors (Lipinski definition) is 5. The van der Waals surface area contributed by atoms with Crippen LogP contribution in [0.3, 0.4) is 0 Å². The fraction of sp³-hybridized carbons (Fsp3) is 0.211. The highest BCUT2D eigenvalue weighted by Crippen LogP contribution is 2.37. The Balaban J connectivity index is 1.52. The van der Waals surface area contributed by atoms with Crippen LogP contribution >= 0.6 is 27.5 Å². The van der Waals surface area contributed by atoms with E-state index in [4.69, 9.17) is 21.1 Å². The lowest BCUT2D eigenvalue weighted by molar-refractivity contribution is 0.0934. The monoisotopic (exact) mass is 462 g/mol. The molecule has 4 rings (SSSR count). The highest BCUT2D eigenvalue weighted by Gasteiger charge is 2.21. The molecular formula is C19H16BrClN4O3. The molecule has 0 saturated carbocycles. The van der Waals surface area contributed by atoms with Crippen molar-refractivity contribution in [2.24, 2.45) is 0 Å². The normalized spacial score (nSPS) is 13.8. The van der Waals surface area contributed by atoms with E-state index in [1.165, 1.54) is 4.68 Å². The third-order valence-electron chi connectivity index (χ3n) is 4.30. The van der Waals surface area contributed by atoms with E-state index in [9.17, 15) is 4.79 Å². The lowest BCUT2D eigenvalue weighted by Gasteiger charge is -2.22. The Labute approximate surface area is 174 Å². The van der Waals surface area contributed by atoms with E-state index >= 15 is 0 Å². The number of halogens is 2. The third-order valence-corrected chi connectivity index (χ3v) is 5.31. The molecule has 1 aromatic heterocycles. The SMILES string of the molecule is CC(NC(=O)c1cn(-c2ccccc2Cl)nn1)c1cc2c(cc1Br)OCCO2. The van der Waals surface area contributed by atoms with Crippen LogP contribution in [0.4, 0.5) is 0 Å². The summed E-state index contributed by atoms with van der Waals surface area (Å²) in [5.74, 6) is 1.01. The second-order valence-electron chi connectivity index (χ2n) is 6.21. The van der Waals surface area contributed by atoms with Gasteiger partial charge in [-0.15, -0.1) is 5.10 Å². The maximum atomic E-state index is 12.6. The molecule has 1 amide bonds. The van der Waals surface area contributed by atoms with Crippen LogP contribution in [-0.2, 0) is 0 Å². The Morgan fingerprint density at radius 1 is 1.25 bits per heavy atom. The number of nitrogens with zero attached hydrogens (tertiary/aromatic N) is 3. The van der Waals surface area contributed by atoms with E-state index in [1.807, 2.05) is 31.2 Å². The average molecular weight is 464 g/mol. The number of para-hydroxylation sites is 1. The minimum atomic E-state index is -0.340. The van der Waals surface area contributed by atoms with Crippen molar-refractivity contribution < 1.29 is 14.3 Å². The van der Waals surface area contributed by atoms with Crippen molar-refractivity contribution in [3.05, 3.63) is 63.3 Å². The zero-order valence-corrected chi connectivity index (χ0v) is 17.2. The van der Waals surface area contributed by atoms with Gasteiger partial charge in [-0.1, -0.05) is 44.9 Å². The summed E-state index contributed by atoms with van der Waals surface area (Å²) in [7, 11) is 0. The van der Waals surface area contributed by atoms with Crippen molar-refractivity contribution in [3.8, 4) is 17.2 Å². The lowest BCUT2D eigenvalue weighted by Crippen LogP contribution is -2.27. The van der Waals surface area contributed by atoms with Crippen LogP contribution in [0.1, 0.15) is 29.0 Å². The molecule has 9 heteroatoms. The van der Waals surface area contributed by atoms with Crippen LogP contribution in [0.25, 0.3) is 5.69 Å². The first-order chi connectivity index (χ1) is 13.5. The van der Waals surface area contributed by atoms with Gasteiger partial charge in [0.15, 0.2) is 17.2 Å². The van der Waals surface area contributed by atoms with Crippen LogP contribution in [0.2, 0.25) is 5.02 Å². The number of carbonyl (C=O) groups is 1. The average Bonchev–Trinajstić information content (AvgIpc) is 3.18. The molecule has 2 aromatic carbocycles. The molecule has 1 atom stereocenters. The summed E-state index contributed by atoms with van der Waals surface area (Å²) in [5.41, 5.74) is 1.72. The fourth-order valence-electron chi connectivity index (χ4n) is 2.88. The quantitative estimate of drug-likeness (QED) is 0.634. The number of benzene rings is 2. The first kappa shape index (κ1) is 18.8. The molecule has 0 saturated heterocycles. The van der Waals surface area contributed by atoms with E-state index in [1.54, 1.807) is 18.3 Å². The summed E-state index contributed by atoms with van der Waals surface area (Å²) in [4.78, 5) is 12.6. The highest BCUT2D eigenvalue weighted by atomic mass is 79.9. The zero-order chi connectivity index (χ0) is 19.7. The predicted molar refractivity (Wildman–Crippen MR) is 107 cm³/mol. The standard InChI is InChI=1S/C19H16BrClN4O3/c1-11(12-8-17-18(9-13(12)20)28-7-6-27-17)22-19(26)15-10-25(24-23-15)16-5-3-2-4-14(16)21/h2-5,8-11H,6-7H2,1H3,(H,22,26). The van der Waals surface area contributed by atoms with Gasteiger partial charge in [-0.2, -0.15) is 0 Å². The Hall–Kier alpha value is -2.58. The Morgan fingerprint density at radius 3 is 2.71 bits per heavy atom. The van der Waals surface area contributed by atoms with Crippen LogP contribution in [0, 0.1) is 0 Å². The van der Waals surface area contributed by atoms with E-state index in [0.29, 0.717) is 35.4 Å². The van der Waals surface area contributed by atoms with Gasteiger partial charge >= 0.3 is 0 Å². The molecule has 3 aromatic rings. The molecule has 1 unspecified atom stereocenters. The van der Waals surface area contributed by atoms with Gasteiger partial charge in [-0.3, -0.25) is 4.79 Å². The second kappa shape index (κ2) is 7.81. The largest absolute Gasteiger partial charge is 0.486 e. The number of amides is 1. The molecule has 0 spiro atoms. The molecule has 0 radical (unpaired) electrons. The third kappa shape index (κ3) is 3.70. The van der Waals surface area contributed by atoms with Gasteiger partial charge < -0.3 is 14.8 Å². The molecule has 1 aliphatic heterocycles. The smallest absolute Gasteiger partial charge is 0.273 e. The lowest BCUT2D eigenvalue weighted by atomic mass is 10.1. The molecule has 144 valence electrons. The topological polar surface area (TPSA) is 78.3 Å². The van der Waals surface area contributed by atoms with Crippen LogP contribution < -0.4 is 14.8 Å². The molecule has 1 N–H and O–H groups in total. The van der Waals surface area contributed by atoms with Crippen molar-refractivity contribution >= 4 is 33.4 Å². The summed E-state index contributed by atoms with van der Waals surface area (Å²) in [6, 6.07) is 10.6. The van der Waals surface area contributed by atoms with E-state index < -0.39 is 0 Å². The number of rotatable bonds is 4. The van der Waals surface area contributed by atoms with Gasteiger partial charge in [0.25, 0.3) is 5.91 Å². The van der Waals surface area contributed by atoms with E-state index in [2.05, 4.69) is 31.6 Å². The summed E-state index contributed by atoms with van der Waals surface area (Å²) in [6.45, 7) is 2.90. The summed E-state index contributed by atoms with van der Waals surface area (Å²) < 4.78 is 13.5. The van der Waals surface area contributed by atoms with Crippen molar-refractivity contribution in [1.29, 1.82) is 0 Å². The number of fused-ring (bicyclic) bond motifs is 1. The highest BCUT2D eigenvalue weighted by molar-refractivity contribution is 9.10. The molecule has 0 fully saturated rings. The number of nitrogens with one attached hydrogen (secondary N) is 1. The van der Waals surface area contributed by atoms with Gasteiger partial charge in [0.1, 0.15) is 13.2 Å². The second-order valence-corrected chi connectivity index (χ2v) is 7.47. The Morgan fingerprint density at radius 2 is 1.96 bits per heavy atom. The summed E-state index contributed by atoms with van der Waals surface area (Å²) >= 11 is 9.70. The van der Waals surface area contributed by atoms with Crippen LogP contribution in [0.5, 0.6) is 11.5 Å². The maximum Gasteiger partial charge on any atom is 0.273 e. The van der Waals surface area contributed by atoms with Crippen LogP contribution in [0.15, 0.2) is 47.1 Å². The molecule has 0 bridgehead atoms. The van der Waals surface area contributed by atoms with Gasteiger partial charge in [0.2, 0.25) is 0 Å². The maximum absolute atomic E-state index is 12.6. The number of ether oxygens (including phenoxy) is 2.